The Balaban J connectivity index is 2.33. The molecule has 0 bridgehead atoms. The van der Waals surface area contributed by atoms with Crippen molar-refractivity contribution in [3.8, 4) is 16.9 Å². The highest BCUT2D eigenvalue weighted by molar-refractivity contribution is 7.10. The third kappa shape index (κ3) is 2.37. The van der Waals surface area contributed by atoms with Gasteiger partial charge in [-0.25, -0.2) is 0 Å². The van der Waals surface area contributed by atoms with Crippen molar-refractivity contribution in [2.24, 2.45) is 0 Å². The number of benzene rings is 2. The van der Waals surface area contributed by atoms with E-state index in [2.05, 4.69) is 52.8 Å². The molecule has 1 nitrogen and oxygen atoms in total. The van der Waals surface area contributed by atoms with Crippen LogP contribution >= 0.6 is 9.47 Å². The topological polar surface area (TPSA) is 9.23 Å². The van der Waals surface area contributed by atoms with E-state index in [0.717, 1.165) is 5.75 Å². The Bertz CT molecular complexity index is 431. The van der Waals surface area contributed by atoms with Crippen LogP contribution in [0.25, 0.3) is 11.1 Å². The Kier molecular flexibility index (Phi) is 3.03. The zero-order chi connectivity index (χ0) is 10.7. The second kappa shape index (κ2) is 4.46. The van der Waals surface area contributed by atoms with Crippen molar-refractivity contribution < 1.29 is 4.52 Å². The molecule has 0 saturated carbocycles. The molecule has 1 atom stereocenters. The lowest BCUT2D eigenvalue weighted by atomic mass is 10.0. The lowest BCUT2D eigenvalue weighted by Crippen LogP contribution is -1.79. The quantitative estimate of drug-likeness (QED) is 0.693. The predicted molar refractivity (Wildman–Crippen MR) is 67.0 cm³/mol. The van der Waals surface area contributed by atoms with Crippen LogP contribution in [0.3, 0.4) is 0 Å². The standard InChI is InChI=1S/C13H13OP/c1-10-2-4-11(5-3-10)12-6-8-13(14-15)9-7-12/h2-9H,15H2,1H3. The maximum absolute atomic E-state index is 5.04. The molecule has 0 radical (unpaired) electrons. The molecular formula is C13H13OP. The Hall–Kier alpha value is -1.33. The molecule has 0 N–H and O–H groups in total. The zero-order valence-electron chi connectivity index (χ0n) is 8.60. The SMILES string of the molecule is Cc1ccc(-c2ccc(OP)cc2)cc1. The highest BCUT2D eigenvalue weighted by atomic mass is 31.0. The Morgan fingerprint density at radius 3 is 1.73 bits per heavy atom. The number of hydrogen-bond acceptors (Lipinski definition) is 1. The van der Waals surface area contributed by atoms with Gasteiger partial charge in [0, 0.05) is 0 Å². The van der Waals surface area contributed by atoms with Crippen LogP contribution in [-0.2, 0) is 0 Å². The maximum atomic E-state index is 5.04. The molecule has 2 heteroatoms. The molecule has 0 aliphatic carbocycles. The summed E-state index contributed by atoms with van der Waals surface area (Å²) in [6.07, 6.45) is 0. The zero-order valence-corrected chi connectivity index (χ0v) is 9.76. The minimum Gasteiger partial charge on any atom is -0.480 e. The van der Waals surface area contributed by atoms with Crippen molar-refractivity contribution in [3.63, 3.8) is 0 Å². The molecule has 15 heavy (non-hydrogen) atoms. The fraction of sp³-hybridized carbons (Fsp3) is 0.0769. The van der Waals surface area contributed by atoms with Gasteiger partial charge in [-0.2, -0.15) is 0 Å². The molecule has 0 aromatic heterocycles. The smallest absolute Gasteiger partial charge is 0.122 e. The third-order valence-electron chi connectivity index (χ3n) is 2.38. The summed E-state index contributed by atoms with van der Waals surface area (Å²) in [6, 6.07) is 16.5. The van der Waals surface area contributed by atoms with Crippen molar-refractivity contribution >= 4 is 9.47 Å². The van der Waals surface area contributed by atoms with Gasteiger partial charge in [0.05, 0.1) is 9.47 Å². The van der Waals surface area contributed by atoms with Gasteiger partial charge in [-0.3, -0.25) is 0 Å². The summed E-state index contributed by atoms with van der Waals surface area (Å²) < 4.78 is 5.04. The van der Waals surface area contributed by atoms with Gasteiger partial charge in [0.25, 0.3) is 0 Å². The van der Waals surface area contributed by atoms with Crippen LogP contribution in [0.1, 0.15) is 5.56 Å². The highest BCUT2D eigenvalue weighted by Gasteiger charge is 1.97. The van der Waals surface area contributed by atoms with Crippen LogP contribution < -0.4 is 4.52 Å². The van der Waals surface area contributed by atoms with Crippen molar-refractivity contribution in [2.45, 2.75) is 6.92 Å². The van der Waals surface area contributed by atoms with Gasteiger partial charge >= 0.3 is 0 Å². The van der Waals surface area contributed by atoms with Gasteiger partial charge in [0.1, 0.15) is 5.75 Å². The molecule has 0 heterocycles. The van der Waals surface area contributed by atoms with E-state index in [1.165, 1.54) is 16.7 Å². The lowest BCUT2D eigenvalue weighted by Gasteiger charge is -2.03. The van der Waals surface area contributed by atoms with Crippen molar-refractivity contribution in [1.29, 1.82) is 0 Å². The summed E-state index contributed by atoms with van der Waals surface area (Å²) in [4.78, 5) is 0. The molecule has 0 aliphatic rings. The summed E-state index contributed by atoms with van der Waals surface area (Å²) in [5.41, 5.74) is 3.72. The van der Waals surface area contributed by atoms with E-state index in [4.69, 9.17) is 4.52 Å². The first kappa shape index (κ1) is 10.2. The van der Waals surface area contributed by atoms with Crippen molar-refractivity contribution in [3.05, 3.63) is 54.1 Å². The molecule has 0 aliphatic heterocycles. The minimum absolute atomic E-state index is 0.857. The van der Waals surface area contributed by atoms with Gasteiger partial charge in [-0.1, -0.05) is 42.0 Å². The maximum Gasteiger partial charge on any atom is 0.122 e. The molecule has 1 unspecified atom stereocenters. The minimum atomic E-state index is 0.857. The average molecular weight is 216 g/mol. The van der Waals surface area contributed by atoms with E-state index in [0.29, 0.717) is 0 Å². The Morgan fingerprint density at radius 2 is 1.27 bits per heavy atom. The molecule has 2 aromatic carbocycles. The molecule has 0 spiro atoms. The van der Waals surface area contributed by atoms with Crippen LogP contribution in [-0.4, -0.2) is 0 Å². The first-order valence-electron chi connectivity index (χ1n) is 4.83. The van der Waals surface area contributed by atoms with Crippen LogP contribution in [0.15, 0.2) is 48.5 Å². The van der Waals surface area contributed by atoms with Crippen LogP contribution in [0.2, 0.25) is 0 Å². The van der Waals surface area contributed by atoms with Gasteiger partial charge < -0.3 is 4.52 Å². The number of aryl methyl sites for hydroxylation is 1. The second-order valence-electron chi connectivity index (χ2n) is 3.51. The summed E-state index contributed by atoms with van der Waals surface area (Å²) in [7, 11) is 2.24. The van der Waals surface area contributed by atoms with Crippen molar-refractivity contribution in [1.82, 2.24) is 0 Å². The van der Waals surface area contributed by atoms with Crippen LogP contribution in [0, 0.1) is 6.92 Å². The molecule has 0 fully saturated rings. The normalized spacial score (nSPS) is 10.0. The lowest BCUT2D eigenvalue weighted by molar-refractivity contribution is 0.646. The summed E-state index contributed by atoms with van der Waals surface area (Å²) in [5.74, 6) is 0.857. The van der Waals surface area contributed by atoms with E-state index >= 15 is 0 Å². The fourth-order valence-corrected chi connectivity index (χ4v) is 1.63. The van der Waals surface area contributed by atoms with E-state index in [1.807, 2.05) is 12.1 Å². The summed E-state index contributed by atoms with van der Waals surface area (Å²) in [5, 5.41) is 0. The second-order valence-corrected chi connectivity index (χ2v) is 3.74. The average Bonchev–Trinajstić information content (AvgIpc) is 2.30. The van der Waals surface area contributed by atoms with E-state index in [1.54, 1.807) is 0 Å². The van der Waals surface area contributed by atoms with Gasteiger partial charge in [-0.05, 0) is 30.2 Å². The molecule has 76 valence electrons. The molecule has 0 saturated heterocycles. The monoisotopic (exact) mass is 216 g/mol. The first-order chi connectivity index (χ1) is 7.29. The molecule has 2 aromatic rings. The Morgan fingerprint density at radius 1 is 0.800 bits per heavy atom. The predicted octanol–water partition coefficient (Wildman–Crippen LogP) is 3.83. The first-order valence-corrected chi connectivity index (χ1v) is 5.30. The molecular weight excluding hydrogens is 203 g/mol. The van der Waals surface area contributed by atoms with E-state index in [9.17, 15) is 0 Å². The van der Waals surface area contributed by atoms with Crippen LogP contribution in [0.4, 0.5) is 0 Å². The fourth-order valence-electron chi connectivity index (χ4n) is 1.47. The van der Waals surface area contributed by atoms with Gasteiger partial charge in [-0.15, -0.1) is 0 Å². The Labute approximate surface area is 92.4 Å². The van der Waals surface area contributed by atoms with E-state index < -0.39 is 0 Å². The van der Waals surface area contributed by atoms with Crippen molar-refractivity contribution in [2.75, 3.05) is 0 Å². The third-order valence-corrected chi connectivity index (χ3v) is 2.65. The summed E-state index contributed by atoms with van der Waals surface area (Å²) >= 11 is 0. The van der Waals surface area contributed by atoms with Crippen LogP contribution in [0.5, 0.6) is 5.75 Å². The van der Waals surface area contributed by atoms with Gasteiger partial charge in [0.2, 0.25) is 0 Å². The van der Waals surface area contributed by atoms with Gasteiger partial charge in [0.15, 0.2) is 0 Å². The molecule has 2 rings (SSSR count). The number of rotatable bonds is 2. The van der Waals surface area contributed by atoms with E-state index in [-0.39, 0.29) is 0 Å². The number of hydrogen-bond donors (Lipinski definition) is 0. The largest absolute Gasteiger partial charge is 0.480 e. The molecule has 0 amide bonds. The summed E-state index contributed by atoms with van der Waals surface area (Å²) in [6.45, 7) is 2.09. The highest BCUT2D eigenvalue weighted by Crippen LogP contribution is 2.23.